The van der Waals surface area contributed by atoms with Gasteiger partial charge in [0.05, 0.1) is 17.8 Å². The lowest BCUT2D eigenvalue weighted by molar-refractivity contribution is 1.02. The third-order valence-electron chi connectivity index (χ3n) is 2.08. The molecule has 0 radical (unpaired) electrons. The van der Waals surface area contributed by atoms with Crippen LogP contribution < -0.4 is 0 Å². The minimum absolute atomic E-state index is 0.560. The highest BCUT2D eigenvalue weighted by molar-refractivity contribution is 5.81. The zero-order chi connectivity index (χ0) is 9.10. The summed E-state index contributed by atoms with van der Waals surface area (Å²) in [6.07, 6.45) is 3.17. The molecule has 1 aromatic carbocycles. The molecule has 0 atom stereocenters. The molecule has 0 bridgehead atoms. The lowest BCUT2D eigenvalue weighted by Crippen LogP contribution is -1.83. The van der Waals surface area contributed by atoms with Gasteiger partial charge >= 0.3 is 0 Å². The Hall–Kier alpha value is -1.82. The van der Waals surface area contributed by atoms with E-state index in [1.807, 2.05) is 24.4 Å². The van der Waals surface area contributed by atoms with Crippen molar-refractivity contribution in [3.8, 4) is 6.07 Å². The van der Waals surface area contributed by atoms with Gasteiger partial charge in [-0.05, 0) is 18.1 Å². The fourth-order valence-corrected chi connectivity index (χ4v) is 1.44. The van der Waals surface area contributed by atoms with E-state index >= 15 is 0 Å². The van der Waals surface area contributed by atoms with Gasteiger partial charge < -0.3 is 0 Å². The number of benzene rings is 1. The molecular formula is C10H9N3. The summed E-state index contributed by atoms with van der Waals surface area (Å²) < 4.78 is 0. The Kier molecular flexibility index (Phi) is 1.97. The Labute approximate surface area is 76.0 Å². The van der Waals surface area contributed by atoms with Crippen molar-refractivity contribution in [1.82, 2.24) is 10.2 Å². The number of nitrogens with one attached hydrogen (secondary N) is 1. The van der Waals surface area contributed by atoms with Gasteiger partial charge in [-0.2, -0.15) is 10.4 Å². The van der Waals surface area contributed by atoms with Crippen LogP contribution in [0, 0.1) is 11.3 Å². The van der Waals surface area contributed by atoms with Gasteiger partial charge in [-0.25, -0.2) is 0 Å². The lowest BCUT2D eigenvalue weighted by atomic mass is 10.1. The second kappa shape index (κ2) is 3.28. The number of H-pyrrole nitrogens is 1. The number of aryl methyl sites for hydroxylation is 1. The summed E-state index contributed by atoms with van der Waals surface area (Å²) in [6.45, 7) is 0. The predicted octanol–water partition coefficient (Wildman–Crippen LogP) is 2.02. The molecule has 1 aromatic heterocycles. The molecule has 0 saturated heterocycles. The first-order valence-electron chi connectivity index (χ1n) is 4.20. The number of rotatable bonds is 2. The van der Waals surface area contributed by atoms with Crippen molar-refractivity contribution in [3.05, 3.63) is 30.0 Å². The fourth-order valence-electron chi connectivity index (χ4n) is 1.44. The standard InChI is InChI=1S/C10H9N3/c11-6-2-4-8-3-1-5-10-9(8)7-12-13-10/h1,3,5,7H,2,4H2,(H,12,13). The van der Waals surface area contributed by atoms with Crippen LogP contribution in [0.5, 0.6) is 0 Å². The van der Waals surface area contributed by atoms with Gasteiger partial charge in [0.25, 0.3) is 0 Å². The summed E-state index contributed by atoms with van der Waals surface area (Å²) >= 11 is 0. The van der Waals surface area contributed by atoms with Crippen LogP contribution in [0.2, 0.25) is 0 Å². The Morgan fingerprint density at radius 2 is 2.38 bits per heavy atom. The molecule has 0 unspecified atom stereocenters. The number of nitrogens with zero attached hydrogens (tertiary/aromatic N) is 2. The number of hydrogen-bond donors (Lipinski definition) is 1. The molecule has 13 heavy (non-hydrogen) atoms. The molecule has 0 amide bonds. The molecule has 0 aliphatic heterocycles. The quantitative estimate of drug-likeness (QED) is 0.751. The van der Waals surface area contributed by atoms with Gasteiger partial charge in [-0.3, -0.25) is 5.10 Å². The first-order valence-corrected chi connectivity index (χ1v) is 4.20. The molecule has 2 aromatic rings. The van der Waals surface area contributed by atoms with Crippen LogP contribution in [0.3, 0.4) is 0 Å². The topological polar surface area (TPSA) is 52.5 Å². The Morgan fingerprint density at radius 3 is 3.23 bits per heavy atom. The highest BCUT2D eigenvalue weighted by Gasteiger charge is 2.00. The summed E-state index contributed by atoms with van der Waals surface area (Å²) in [4.78, 5) is 0. The van der Waals surface area contributed by atoms with E-state index in [0.717, 1.165) is 17.3 Å². The van der Waals surface area contributed by atoms with E-state index in [1.54, 1.807) is 0 Å². The van der Waals surface area contributed by atoms with Crippen LogP contribution in [-0.4, -0.2) is 10.2 Å². The predicted molar refractivity (Wildman–Crippen MR) is 50.0 cm³/mol. The highest BCUT2D eigenvalue weighted by Crippen LogP contribution is 2.16. The van der Waals surface area contributed by atoms with Crippen LogP contribution in [0.15, 0.2) is 24.4 Å². The molecule has 0 spiro atoms. The average Bonchev–Trinajstić information content (AvgIpc) is 2.62. The van der Waals surface area contributed by atoms with Crippen LogP contribution in [0.25, 0.3) is 10.9 Å². The number of fused-ring (bicyclic) bond motifs is 1. The summed E-state index contributed by atoms with van der Waals surface area (Å²) in [6, 6.07) is 8.14. The Bertz CT molecular complexity index is 450. The summed E-state index contributed by atoms with van der Waals surface area (Å²) in [5.74, 6) is 0. The van der Waals surface area contributed by atoms with Gasteiger partial charge in [0, 0.05) is 11.8 Å². The maximum Gasteiger partial charge on any atom is 0.0653 e. The minimum atomic E-state index is 0.560. The third kappa shape index (κ3) is 1.38. The van der Waals surface area contributed by atoms with Crippen molar-refractivity contribution in [2.24, 2.45) is 0 Å². The van der Waals surface area contributed by atoms with Crippen molar-refractivity contribution in [3.63, 3.8) is 0 Å². The second-order valence-electron chi connectivity index (χ2n) is 2.91. The number of hydrogen-bond acceptors (Lipinski definition) is 2. The van der Waals surface area contributed by atoms with Gasteiger partial charge in [-0.15, -0.1) is 0 Å². The van der Waals surface area contributed by atoms with Gasteiger partial charge in [-0.1, -0.05) is 12.1 Å². The van der Waals surface area contributed by atoms with E-state index in [0.29, 0.717) is 6.42 Å². The number of aromatic nitrogens is 2. The maximum absolute atomic E-state index is 8.48. The molecule has 64 valence electrons. The largest absolute Gasteiger partial charge is 0.278 e. The highest BCUT2D eigenvalue weighted by atomic mass is 15.1. The van der Waals surface area contributed by atoms with E-state index in [4.69, 9.17) is 5.26 Å². The maximum atomic E-state index is 8.48. The SMILES string of the molecule is N#CCCc1cccc2[nH]ncc12. The van der Waals surface area contributed by atoms with E-state index in [2.05, 4.69) is 16.3 Å². The molecule has 0 saturated carbocycles. The molecule has 3 heteroatoms. The lowest BCUT2D eigenvalue weighted by Gasteiger charge is -1.97. The van der Waals surface area contributed by atoms with Gasteiger partial charge in [0.1, 0.15) is 0 Å². The van der Waals surface area contributed by atoms with Crippen LogP contribution in [-0.2, 0) is 6.42 Å². The van der Waals surface area contributed by atoms with E-state index < -0.39 is 0 Å². The van der Waals surface area contributed by atoms with Crippen molar-refractivity contribution in [2.75, 3.05) is 0 Å². The average molecular weight is 171 g/mol. The van der Waals surface area contributed by atoms with Gasteiger partial charge in [0.15, 0.2) is 0 Å². The Morgan fingerprint density at radius 1 is 1.46 bits per heavy atom. The van der Waals surface area contributed by atoms with E-state index in [1.165, 1.54) is 5.56 Å². The summed E-state index contributed by atoms with van der Waals surface area (Å²) in [7, 11) is 0. The molecule has 1 N–H and O–H groups in total. The minimum Gasteiger partial charge on any atom is -0.278 e. The van der Waals surface area contributed by atoms with E-state index in [9.17, 15) is 0 Å². The van der Waals surface area contributed by atoms with Crippen LogP contribution in [0.1, 0.15) is 12.0 Å². The molecule has 3 nitrogen and oxygen atoms in total. The van der Waals surface area contributed by atoms with Crippen LogP contribution >= 0.6 is 0 Å². The van der Waals surface area contributed by atoms with Crippen molar-refractivity contribution in [2.45, 2.75) is 12.8 Å². The van der Waals surface area contributed by atoms with Crippen molar-refractivity contribution < 1.29 is 0 Å². The third-order valence-corrected chi connectivity index (χ3v) is 2.08. The number of aromatic amines is 1. The zero-order valence-electron chi connectivity index (χ0n) is 7.12. The van der Waals surface area contributed by atoms with Gasteiger partial charge in [0.2, 0.25) is 0 Å². The molecule has 2 rings (SSSR count). The molecule has 0 fully saturated rings. The molecule has 1 heterocycles. The van der Waals surface area contributed by atoms with Crippen molar-refractivity contribution >= 4 is 10.9 Å². The number of nitriles is 1. The smallest absolute Gasteiger partial charge is 0.0653 e. The molecular weight excluding hydrogens is 162 g/mol. The zero-order valence-corrected chi connectivity index (χ0v) is 7.12. The van der Waals surface area contributed by atoms with Crippen LogP contribution in [0.4, 0.5) is 0 Å². The molecule has 0 aliphatic carbocycles. The summed E-state index contributed by atoms with van der Waals surface area (Å²) in [5, 5.41) is 16.5. The first kappa shape index (κ1) is 7.81. The second-order valence-corrected chi connectivity index (χ2v) is 2.91. The monoisotopic (exact) mass is 171 g/mol. The van der Waals surface area contributed by atoms with Crippen molar-refractivity contribution in [1.29, 1.82) is 5.26 Å². The summed E-state index contributed by atoms with van der Waals surface area (Å²) in [5.41, 5.74) is 2.23. The first-order chi connectivity index (χ1) is 6.42. The normalized spacial score (nSPS) is 10.1. The fraction of sp³-hybridized carbons (Fsp3) is 0.200. The Balaban J connectivity index is 2.44. The molecule has 0 aliphatic rings. The van der Waals surface area contributed by atoms with E-state index in [-0.39, 0.29) is 0 Å².